The van der Waals surface area contributed by atoms with Gasteiger partial charge in [-0.1, -0.05) is 23.8 Å². The number of hydrogen-bond donors (Lipinski definition) is 1. The highest BCUT2D eigenvalue weighted by atomic mass is 16.6. The van der Waals surface area contributed by atoms with Crippen molar-refractivity contribution >= 4 is 29.0 Å². The van der Waals surface area contributed by atoms with Gasteiger partial charge in [0, 0.05) is 24.8 Å². The van der Waals surface area contributed by atoms with Gasteiger partial charge < -0.3 is 15.0 Å². The molecule has 2 aromatic carbocycles. The average Bonchev–Trinajstić information content (AvgIpc) is 2.74. The number of anilines is 2. The fourth-order valence-electron chi connectivity index (χ4n) is 3.00. The fourth-order valence-corrected chi connectivity index (χ4v) is 3.00. The number of hydrogen-bond acceptors (Lipinski definition) is 6. The average molecular weight is 392 g/mol. The zero-order valence-corrected chi connectivity index (χ0v) is 15.9. The Labute approximate surface area is 168 Å². The van der Waals surface area contributed by atoms with Gasteiger partial charge in [0.2, 0.25) is 0 Å². The summed E-state index contributed by atoms with van der Waals surface area (Å²) in [6, 6.07) is 13.7. The molecule has 1 saturated heterocycles. The van der Waals surface area contributed by atoms with Crippen LogP contribution < -0.4 is 10.2 Å². The van der Waals surface area contributed by atoms with Crippen LogP contribution in [0.5, 0.6) is 0 Å². The van der Waals surface area contributed by atoms with Crippen molar-refractivity contribution in [1.29, 1.82) is 5.26 Å². The van der Waals surface area contributed by atoms with Crippen molar-refractivity contribution in [3.63, 3.8) is 0 Å². The zero-order chi connectivity index (χ0) is 20.8. The highest BCUT2D eigenvalue weighted by molar-refractivity contribution is 6.09. The number of ether oxygens (including phenoxy) is 1. The summed E-state index contributed by atoms with van der Waals surface area (Å²) in [4.78, 5) is 25.4. The van der Waals surface area contributed by atoms with Crippen molar-refractivity contribution in [2.24, 2.45) is 0 Å². The molecular weight excluding hydrogens is 372 g/mol. The van der Waals surface area contributed by atoms with Gasteiger partial charge >= 0.3 is 0 Å². The highest BCUT2D eigenvalue weighted by Crippen LogP contribution is 2.30. The molecule has 2 aromatic rings. The summed E-state index contributed by atoms with van der Waals surface area (Å²) in [5.41, 5.74) is 2.31. The van der Waals surface area contributed by atoms with Crippen molar-refractivity contribution < 1.29 is 14.5 Å². The molecule has 0 spiro atoms. The summed E-state index contributed by atoms with van der Waals surface area (Å²) < 4.78 is 5.29. The fraction of sp³-hybridized carbons (Fsp3) is 0.238. The van der Waals surface area contributed by atoms with Gasteiger partial charge in [-0.2, -0.15) is 5.26 Å². The number of nitriles is 1. The number of amides is 1. The summed E-state index contributed by atoms with van der Waals surface area (Å²) in [5, 5.41) is 23.6. The summed E-state index contributed by atoms with van der Waals surface area (Å²) >= 11 is 0. The van der Waals surface area contributed by atoms with Crippen molar-refractivity contribution in [1.82, 2.24) is 0 Å². The molecule has 0 atom stereocenters. The topological polar surface area (TPSA) is 108 Å². The summed E-state index contributed by atoms with van der Waals surface area (Å²) in [7, 11) is 0. The number of rotatable bonds is 5. The summed E-state index contributed by atoms with van der Waals surface area (Å²) in [5.74, 6) is -0.573. The second kappa shape index (κ2) is 8.99. The van der Waals surface area contributed by atoms with E-state index < -0.39 is 10.8 Å². The van der Waals surface area contributed by atoms with Crippen molar-refractivity contribution in [2.75, 3.05) is 36.5 Å². The molecule has 29 heavy (non-hydrogen) atoms. The predicted octanol–water partition coefficient (Wildman–Crippen LogP) is 3.29. The molecular formula is C21H20N4O4. The van der Waals surface area contributed by atoms with Crippen LogP contribution in [0.25, 0.3) is 6.08 Å². The van der Waals surface area contributed by atoms with Gasteiger partial charge in [-0.3, -0.25) is 14.9 Å². The van der Waals surface area contributed by atoms with Crippen molar-refractivity contribution in [3.8, 4) is 6.07 Å². The van der Waals surface area contributed by atoms with Crippen molar-refractivity contribution in [2.45, 2.75) is 6.92 Å². The van der Waals surface area contributed by atoms with Crippen LogP contribution in [0.3, 0.4) is 0 Å². The molecule has 1 aliphatic heterocycles. The third-order valence-corrected chi connectivity index (χ3v) is 4.53. The Balaban J connectivity index is 1.85. The summed E-state index contributed by atoms with van der Waals surface area (Å²) in [6.07, 6.45) is 1.35. The molecule has 1 amide bonds. The Morgan fingerprint density at radius 1 is 1.24 bits per heavy atom. The Bertz CT molecular complexity index is 987. The number of nitrogens with zero attached hydrogens (tertiary/aromatic N) is 3. The highest BCUT2D eigenvalue weighted by Gasteiger charge is 2.22. The van der Waals surface area contributed by atoms with Crippen LogP contribution in [-0.2, 0) is 9.53 Å². The number of morpholine rings is 1. The molecule has 3 rings (SSSR count). The van der Waals surface area contributed by atoms with Gasteiger partial charge in [0.05, 0.1) is 18.1 Å². The van der Waals surface area contributed by atoms with Gasteiger partial charge in [0.25, 0.3) is 11.6 Å². The Hall–Kier alpha value is -3.70. The van der Waals surface area contributed by atoms with E-state index in [-0.39, 0.29) is 11.3 Å². The van der Waals surface area contributed by atoms with Gasteiger partial charge in [0.1, 0.15) is 17.3 Å². The van der Waals surface area contributed by atoms with Gasteiger partial charge in [0.15, 0.2) is 0 Å². The number of nitrogens with one attached hydrogen (secondary N) is 1. The molecule has 0 aliphatic carbocycles. The van der Waals surface area contributed by atoms with Crippen LogP contribution in [0, 0.1) is 28.4 Å². The monoisotopic (exact) mass is 392 g/mol. The molecule has 1 aliphatic rings. The maximum atomic E-state index is 12.4. The number of carbonyl (C=O) groups excluding carboxylic acids is 1. The molecule has 0 aromatic heterocycles. The van der Waals surface area contributed by atoms with Crippen LogP contribution in [0.2, 0.25) is 0 Å². The normalized spacial score (nSPS) is 14.2. The Kier molecular flexibility index (Phi) is 6.22. The van der Waals surface area contributed by atoms with Gasteiger partial charge in [-0.15, -0.1) is 0 Å². The maximum Gasteiger partial charge on any atom is 0.293 e. The second-order valence-electron chi connectivity index (χ2n) is 6.59. The molecule has 0 bridgehead atoms. The Morgan fingerprint density at radius 2 is 1.93 bits per heavy atom. The Morgan fingerprint density at radius 3 is 2.55 bits per heavy atom. The second-order valence-corrected chi connectivity index (χ2v) is 6.59. The lowest BCUT2D eigenvalue weighted by Crippen LogP contribution is -2.36. The van der Waals surface area contributed by atoms with E-state index in [4.69, 9.17) is 4.74 Å². The third kappa shape index (κ3) is 4.97. The first-order chi connectivity index (χ1) is 14.0. The lowest BCUT2D eigenvalue weighted by molar-refractivity contribution is -0.384. The molecule has 148 valence electrons. The first-order valence-corrected chi connectivity index (χ1v) is 9.09. The number of benzene rings is 2. The van der Waals surface area contributed by atoms with E-state index >= 15 is 0 Å². The van der Waals surface area contributed by atoms with E-state index in [1.165, 1.54) is 12.1 Å². The third-order valence-electron chi connectivity index (χ3n) is 4.53. The molecule has 0 unspecified atom stereocenters. The van der Waals surface area contributed by atoms with Crippen LogP contribution in [0.15, 0.2) is 48.0 Å². The van der Waals surface area contributed by atoms with Crippen molar-refractivity contribution in [3.05, 3.63) is 69.3 Å². The van der Waals surface area contributed by atoms with E-state index in [0.29, 0.717) is 43.2 Å². The molecule has 1 N–H and O–H groups in total. The standard InChI is InChI=1S/C21H20N4O4/c1-15-2-5-18(6-3-15)23-21(26)17(14-22)12-16-4-7-19(20(13-16)25(27)28)24-8-10-29-11-9-24/h2-7,12-13H,8-11H2,1H3,(H,23,26)/b17-12-. The number of carbonyl (C=O) groups is 1. The van der Waals surface area contributed by atoms with Gasteiger partial charge in [-0.25, -0.2) is 0 Å². The zero-order valence-electron chi connectivity index (χ0n) is 15.9. The van der Waals surface area contributed by atoms with E-state index in [2.05, 4.69) is 5.32 Å². The SMILES string of the molecule is Cc1ccc(NC(=O)/C(C#N)=C\c2ccc(N3CCOCC3)c([N+](=O)[O-])c2)cc1. The molecule has 1 fully saturated rings. The lowest BCUT2D eigenvalue weighted by Gasteiger charge is -2.28. The minimum absolute atomic E-state index is 0.0723. The number of aryl methyl sites for hydroxylation is 1. The molecule has 1 heterocycles. The van der Waals surface area contributed by atoms with E-state index in [1.54, 1.807) is 24.3 Å². The lowest BCUT2D eigenvalue weighted by atomic mass is 10.1. The molecule has 0 radical (unpaired) electrons. The minimum atomic E-state index is -0.573. The number of nitro benzene ring substituents is 1. The molecule has 8 nitrogen and oxygen atoms in total. The smallest absolute Gasteiger partial charge is 0.293 e. The predicted molar refractivity (Wildman–Crippen MR) is 110 cm³/mol. The minimum Gasteiger partial charge on any atom is -0.378 e. The summed E-state index contributed by atoms with van der Waals surface area (Å²) in [6.45, 7) is 4.09. The van der Waals surface area contributed by atoms with E-state index in [0.717, 1.165) is 5.56 Å². The van der Waals surface area contributed by atoms with Crippen LogP contribution in [0.4, 0.5) is 17.1 Å². The van der Waals surface area contributed by atoms with E-state index in [9.17, 15) is 20.2 Å². The molecule has 0 saturated carbocycles. The van der Waals surface area contributed by atoms with E-state index in [1.807, 2.05) is 30.0 Å². The molecule has 8 heteroatoms. The quantitative estimate of drug-likeness (QED) is 0.362. The van der Waals surface area contributed by atoms with Crippen LogP contribution in [-0.4, -0.2) is 37.1 Å². The van der Waals surface area contributed by atoms with Crippen LogP contribution >= 0.6 is 0 Å². The largest absolute Gasteiger partial charge is 0.378 e. The van der Waals surface area contributed by atoms with Gasteiger partial charge in [-0.05, 0) is 36.8 Å². The maximum absolute atomic E-state index is 12.4. The first-order valence-electron chi connectivity index (χ1n) is 9.09. The first kappa shape index (κ1) is 20.0. The number of nitro groups is 1. The van der Waals surface area contributed by atoms with Crippen LogP contribution in [0.1, 0.15) is 11.1 Å².